The molecule has 1 aliphatic rings. The van der Waals surface area contributed by atoms with Crippen molar-refractivity contribution in [2.45, 2.75) is 32.0 Å². The fourth-order valence-corrected chi connectivity index (χ4v) is 3.99. The van der Waals surface area contributed by atoms with Gasteiger partial charge >= 0.3 is 0 Å². The van der Waals surface area contributed by atoms with Gasteiger partial charge in [-0.2, -0.15) is 0 Å². The van der Waals surface area contributed by atoms with Crippen LogP contribution in [0.3, 0.4) is 0 Å². The standard InChI is InChI=1S/C23H27FN4/c1-27-17-26-15-23(27)14-25-10-11-28-16-20-5-3-2-4-19(20)13-22(28)12-18-6-8-21(24)9-7-18/h2-9,15,17,22,25H,10-14,16H2,1H3. The maximum absolute atomic E-state index is 13.3. The molecule has 1 aromatic heterocycles. The van der Waals surface area contributed by atoms with Crippen molar-refractivity contribution in [1.29, 1.82) is 0 Å². The highest BCUT2D eigenvalue weighted by Gasteiger charge is 2.25. The molecule has 0 radical (unpaired) electrons. The van der Waals surface area contributed by atoms with Crippen molar-refractivity contribution in [2.24, 2.45) is 7.05 Å². The second-order valence-electron chi connectivity index (χ2n) is 7.60. The summed E-state index contributed by atoms with van der Waals surface area (Å²) < 4.78 is 15.3. The first-order valence-corrected chi connectivity index (χ1v) is 9.90. The molecule has 1 N–H and O–H groups in total. The summed E-state index contributed by atoms with van der Waals surface area (Å²) in [6, 6.07) is 16.1. The smallest absolute Gasteiger partial charge is 0.123 e. The van der Waals surface area contributed by atoms with E-state index in [-0.39, 0.29) is 5.82 Å². The van der Waals surface area contributed by atoms with E-state index in [0.29, 0.717) is 6.04 Å². The van der Waals surface area contributed by atoms with Crippen LogP contribution < -0.4 is 5.32 Å². The molecule has 1 aliphatic heterocycles. The van der Waals surface area contributed by atoms with Crippen LogP contribution in [-0.4, -0.2) is 33.6 Å². The van der Waals surface area contributed by atoms with Crippen molar-refractivity contribution in [1.82, 2.24) is 19.8 Å². The van der Waals surface area contributed by atoms with Gasteiger partial charge in [0, 0.05) is 45.5 Å². The monoisotopic (exact) mass is 378 g/mol. The molecule has 3 aromatic rings. The van der Waals surface area contributed by atoms with E-state index in [4.69, 9.17) is 0 Å². The van der Waals surface area contributed by atoms with E-state index < -0.39 is 0 Å². The Morgan fingerprint density at radius 1 is 1.11 bits per heavy atom. The molecule has 2 heterocycles. The molecule has 1 unspecified atom stereocenters. The first kappa shape index (κ1) is 18.8. The second-order valence-corrected chi connectivity index (χ2v) is 7.60. The Morgan fingerprint density at radius 3 is 2.64 bits per heavy atom. The number of nitrogens with zero attached hydrogens (tertiary/aromatic N) is 3. The van der Waals surface area contributed by atoms with E-state index >= 15 is 0 Å². The molecule has 28 heavy (non-hydrogen) atoms. The summed E-state index contributed by atoms with van der Waals surface area (Å²) in [6.07, 6.45) is 5.71. The van der Waals surface area contributed by atoms with Crippen molar-refractivity contribution in [3.8, 4) is 0 Å². The van der Waals surface area contributed by atoms with Crippen LogP contribution in [0.2, 0.25) is 0 Å². The predicted octanol–water partition coefficient (Wildman–Crippen LogP) is 3.32. The van der Waals surface area contributed by atoms with Crippen LogP contribution in [0, 0.1) is 5.82 Å². The minimum atomic E-state index is -0.172. The summed E-state index contributed by atoms with van der Waals surface area (Å²) in [5, 5.41) is 3.54. The maximum Gasteiger partial charge on any atom is 0.123 e. The number of hydrogen-bond donors (Lipinski definition) is 1. The number of imidazole rings is 1. The zero-order valence-corrected chi connectivity index (χ0v) is 16.3. The Balaban J connectivity index is 1.41. The van der Waals surface area contributed by atoms with Gasteiger partial charge in [0.15, 0.2) is 0 Å². The van der Waals surface area contributed by atoms with E-state index in [0.717, 1.165) is 39.0 Å². The Hall–Kier alpha value is -2.50. The van der Waals surface area contributed by atoms with Crippen LogP contribution in [0.4, 0.5) is 4.39 Å². The number of halogens is 1. The molecule has 0 aliphatic carbocycles. The molecule has 146 valence electrons. The fourth-order valence-electron chi connectivity index (χ4n) is 3.99. The molecule has 0 spiro atoms. The van der Waals surface area contributed by atoms with Gasteiger partial charge in [0.05, 0.1) is 12.0 Å². The van der Waals surface area contributed by atoms with Crippen LogP contribution in [0.1, 0.15) is 22.4 Å². The molecule has 5 heteroatoms. The number of aromatic nitrogens is 2. The van der Waals surface area contributed by atoms with Gasteiger partial charge in [-0.3, -0.25) is 4.90 Å². The summed E-state index contributed by atoms with van der Waals surface area (Å²) in [7, 11) is 2.02. The maximum atomic E-state index is 13.3. The molecular formula is C23H27FN4. The topological polar surface area (TPSA) is 33.1 Å². The van der Waals surface area contributed by atoms with Crippen LogP contribution in [0.15, 0.2) is 61.1 Å². The predicted molar refractivity (Wildman–Crippen MR) is 109 cm³/mol. The van der Waals surface area contributed by atoms with Gasteiger partial charge in [-0.05, 0) is 41.7 Å². The number of fused-ring (bicyclic) bond motifs is 1. The number of aryl methyl sites for hydroxylation is 1. The first-order chi connectivity index (χ1) is 13.7. The van der Waals surface area contributed by atoms with Gasteiger partial charge in [0.2, 0.25) is 0 Å². The summed E-state index contributed by atoms with van der Waals surface area (Å²) in [5.41, 5.74) is 5.24. The third kappa shape index (κ3) is 4.49. The molecule has 2 aromatic carbocycles. The van der Waals surface area contributed by atoms with E-state index in [2.05, 4.69) is 39.5 Å². The lowest BCUT2D eigenvalue weighted by Gasteiger charge is -2.37. The molecule has 0 fully saturated rings. The molecule has 0 amide bonds. The quantitative estimate of drug-likeness (QED) is 0.641. The van der Waals surface area contributed by atoms with Crippen LogP contribution >= 0.6 is 0 Å². The van der Waals surface area contributed by atoms with E-state index in [1.54, 1.807) is 12.1 Å². The lowest BCUT2D eigenvalue weighted by molar-refractivity contribution is 0.170. The first-order valence-electron chi connectivity index (χ1n) is 9.90. The third-order valence-corrected chi connectivity index (χ3v) is 5.65. The minimum Gasteiger partial charge on any atom is -0.337 e. The number of rotatable bonds is 7. The zero-order valence-electron chi connectivity index (χ0n) is 16.3. The number of benzene rings is 2. The molecule has 0 bridgehead atoms. The van der Waals surface area contributed by atoms with Crippen molar-refractivity contribution >= 4 is 0 Å². The van der Waals surface area contributed by atoms with Gasteiger partial charge in [0.25, 0.3) is 0 Å². The Kier molecular flexibility index (Phi) is 5.84. The molecule has 0 saturated carbocycles. The second kappa shape index (κ2) is 8.67. The average Bonchev–Trinajstić information content (AvgIpc) is 3.12. The fraction of sp³-hybridized carbons (Fsp3) is 0.348. The van der Waals surface area contributed by atoms with Crippen LogP contribution in [0.25, 0.3) is 0 Å². The van der Waals surface area contributed by atoms with Gasteiger partial charge in [0.1, 0.15) is 5.82 Å². The molecule has 1 atom stereocenters. The van der Waals surface area contributed by atoms with Crippen molar-refractivity contribution in [3.05, 3.63) is 89.3 Å². The van der Waals surface area contributed by atoms with Gasteiger partial charge in [-0.15, -0.1) is 0 Å². The van der Waals surface area contributed by atoms with Gasteiger partial charge < -0.3 is 9.88 Å². The normalized spacial score (nSPS) is 16.9. The van der Waals surface area contributed by atoms with Crippen molar-refractivity contribution in [2.75, 3.05) is 13.1 Å². The van der Waals surface area contributed by atoms with E-state index in [1.807, 2.05) is 36.3 Å². The Morgan fingerprint density at radius 2 is 1.89 bits per heavy atom. The van der Waals surface area contributed by atoms with Crippen molar-refractivity contribution in [3.63, 3.8) is 0 Å². The summed E-state index contributed by atoms with van der Waals surface area (Å²) in [5.74, 6) is -0.172. The number of nitrogens with one attached hydrogen (secondary N) is 1. The van der Waals surface area contributed by atoms with Crippen LogP contribution in [-0.2, 0) is 33.0 Å². The largest absolute Gasteiger partial charge is 0.337 e. The highest BCUT2D eigenvalue weighted by atomic mass is 19.1. The zero-order chi connectivity index (χ0) is 19.3. The molecule has 0 saturated heterocycles. The summed E-state index contributed by atoms with van der Waals surface area (Å²) >= 11 is 0. The minimum absolute atomic E-state index is 0.172. The van der Waals surface area contributed by atoms with Gasteiger partial charge in [-0.1, -0.05) is 36.4 Å². The van der Waals surface area contributed by atoms with Crippen LogP contribution in [0.5, 0.6) is 0 Å². The van der Waals surface area contributed by atoms with E-state index in [9.17, 15) is 4.39 Å². The van der Waals surface area contributed by atoms with Crippen molar-refractivity contribution < 1.29 is 4.39 Å². The molecule has 4 rings (SSSR count). The summed E-state index contributed by atoms with van der Waals surface area (Å²) in [6.45, 7) is 3.70. The average molecular weight is 378 g/mol. The Bertz CT molecular complexity index is 903. The van der Waals surface area contributed by atoms with E-state index in [1.165, 1.54) is 22.4 Å². The molecular weight excluding hydrogens is 351 g/mol. The highest BCUT2D eigenvalue weighted by molar-refractivity contribution is 5.31. The number of hydrogen-bond acceptors (Lipinski definition) is 3. The third-order valence-electron chi connectivity index (χ3n) is 5.65. The highest BCUT2D eigenvalue weighted by Crippen LogP contribution is 2.25. The SMILES string of the molecule is Cn1cncc1CNCCN1Cc2ccccc2CC1Cc1ccc(F)cc1. The lowest BCUT2D eigenvalue weighted by Crippen LogP contribution is -2.44. The molecule has 4 nitrogen and oxygen atoms in total. The van der Waals surface area contributed by atoms with Gasteiger partial charge in [-0.25, -0.2) is 9.37 Å². The summed E-state index contributed by atoms with van der Waals surface area (Å²) in [4.78, 5) is 6.72. The Labute approximate surface area is 166 Å². The lowest BCUT2D eigenvalue weighted by atomic mass is 9.90.